The monoisotopic (exact) mass is 627 g/mol. The number of likely N-dealkylation sites (N-methyl/N-ethyl adjacent to an activating group) is 1. The van der Waals surface area contributed by atoms with Gasteiger partial charge in [0.05, 0.1) is 15.6 Å². The van der Waals surface area contributed by atoms with E-state index in [9.17, 15) is 22.4 Å². The predicted molar refractivity (Wildman–Crippen MR) is 162 cm³/mol. The number of carbonyl (C=O) groups excluding carboxylic acids is 2. The first-order valence-electron chi connectivity index (χ1n) is 12.9. The van der Waals surface area contributed by atoms with E-state index in [0.717, 1.165) is 9.87 Å². The van der Waals surface area contributed by atoms with E-state index in [1.165, 1.54) is 60.5 Å². The van der Waals surface area contributed by atoms with Crippen molar-refractivity contribution >= 4 is 50.7 Å². The first-order valence-corrected chi connectivity index (χ1v) is 15.1. The zero-order valence-corrected chi connectivity index (χ0v) is 24.9. The Bertz CT molecular complexity index is 1660. The average Bonchev–Trinajstić information content (AvgIpc) is 3.00. The molecule has 1 N–H and O–H groups in total. The zero-order valence-electron chi connectivity index (χ0n) is 22.6. The summed E-state index contributed by atoms with van der Waals surface area (Å²) in [5, 5.41) is 2.82. The second-order valence-corrected chi connectivity index (χ2v) is 12.1. The van der Waals surface area contributed by atoms with Crippen LogP contribution in [0.15, 0.2) is 108 Å². The summed E-state index contributed by atoms with van der Waals surface area (Å²) in [6, 6.07) is 25.6. The number of amides is 2. The number of sulfonamides is 1. The highest BCUT2D eigenvalue weighted by atomic mass is 35.5. The third kappa shape index (κ3) is 7.28. The molecule has 2 amide bonds. The number of rotatable bonds is 11. The van der Waals surface area contributed by atoms with Crippen molar-refractivity contribution in [3.63, 3.8) is 0 Å². The van der Waals surface area contributed by atoms with E-state index in [2.05, 4.69) is 5.32 Å². The summed E-state index contributed by atoms with van der Waals surface area (Å²) in [5.41, 5.74) is 0.891. The molecular weight excluding hydrogens is 600 g/mol. The molecule has 0 unspecified atom stereocenters. The predicted octanol–water partition coefficient (Wildman–Crippen LogP) is 5.71. The molecule has 4 rings (SSSR count). The lowest BCUT2D eigenvalue weighted by Crippen LogP contribution is -2.53. The highest BCUT2D eigenvalue weighted by Crippen LogP contribution is 2.33. The van der Waals surface area contributed by atoms with Crippen LogP contribution in [0.5, 0.6) is 0 Å². The van der Waals surface area contributed by atoms with Gasteiger partial charge >= 0.3 is 0 Å². The van der Waals surface area contributed by atoms with Gasteiger partial charge < -0.3 is 10.2 Å². The summed E-state index contributed by atoms with van der Waals surface area (Å²) >= 11 is 12.6. The summed E-state index contributed by atoms with van der Waals surface area (Å²) in [6.07, 6.45) is 0.101. The van der Waals surface area contributed by atoms with Crippen molar-refractivity contribution in [2.75, 3.05) is 17.9 Å². The minimum absolute atomic E-state index is 0.0215. The number of halogens is 3. The molecule has 0 aliphatic carbocycles. The van der Waals surface area contributed by atoms with Crippen molar-refractivity contribution in [1.82, 2.24) is 10.2 Å². The summed E-state index contributed by atoms with van der Waals surface area (Å²) in [4.78, 5) is 28.6. The molecular formula is C31H28Cl2FN3O4S. The van der Waals surface area contributed by atoms with Gasteiger partial charge in [0.1, 0.15) is 18.4 Å². The average molecular weight is 629 g/mol. The van der Waals surface area contributed by atoms with Crippen molar-refractivity contribution in [3.8, 4) is 0 Å². The maximum absolute atomic E-state index is 14.8. The van der Waals surface area contributed by atoms with Crippen molar-refractivity contribution in [2.45, 2.75) is 23.9 Å². The van der Waals surface area contributed by atoms with E-state index in [0.29, 0.717) is 0 Å². The Labute approximate surface area is 254 Å². The molecule has 11 heteroatoms. The first-order chi connectivity index (χ1) is 20.1. The first kappa shape index (κ1) is 31.0. The lowest BCUT2D eigenvalue weighted by molar-refractivity contribution is -0.139. The molecule has 4 aromatic carbocycles. The highest BCUT2D eigenvalue weighted by Gasteiger charge is 2.35. The van der Waals surface area contributed by atoms with E-state index in [4.69, 9.17) is 23.2 Å². The van der Waals surface area contributed by atoms with Crippen LogP contribution in [-0.2, 0) is 32.6 Å². The molecule has 4 aromatic rings. The molecule has 0 bridgehead atoms. The van der Waals surface area contributed by atoms with Gasteiger partial charge in [-0.15, -0.1) is 0 Å². The summed E-state index contributed by atoms with van der Waals surface area (Å²) in [6.45, 7) is -1.03. The molecule has 42 heavy (non-hydrogen) atoms. The van der Waals surface area contributed by atoms with Gasteiger partial charge in [0.2, 0.25) is 11.8 Å². The number of carbonyl (C=O) groups is 2. The maximum atomic E-state index is 14.8. The Hall–Kier alpha value is -3.92. The summed E-state index contributed by atoms with van der Waals surface area (Å²) in [7, 11) is -2.91. The van der Waals surface area contributed by atoms with E-state index in [1.807, 2.05) is 6.07 Å². The molecule has 0 radical (unpaired) electrons. The second kappa shape index (κ2) is 13.8. The fourth-order valence-corrected chi connectivity index (χ4v) is 6.32. The molecule has 218 valence electrons. The lowest BCUT2D eigenvalue weighted by atomic mass is 10.0. The molecule has 1 atom stereocenters. The van der Waals surface area contributed by atoms with Crippen LogP contribution in [0.25, 0.3) is 0 Å². The second-order valence-electron chi connectivity index (χ2n) is 9.35. The fraction of sp³-hybridized carbons (Fsp3) is 0.161. The number of nitrogens with one attached hydrogen (secondary N) is 1. The van der Waals surface area contributed by atoms with E-state index >= 15 is 0 Å². The number of nitrogens with zero attached hydrogens (tertiary/aromatic N) is 2. The van der Waals surface area contributed by atoms with Crippen LogP contribution >= 0.6 is 23.2 Å². The molecule has 0 saturated carbocycles. The normalized spacial score (nSPS) is 11.9. The van der Waals surface area contributed by atoms with Crippen LogP contribution in [0.3, 0.4) is 0 Å². The Balaban J connectivity index is 1.82. The zero-order chi connectivity index (χ0) is 30.3. The topological polar surface area (TPSA) is 86.8 Å². The Morgan fingerprint density at radius 1 is 0.881 bits per heavy atom. The standard InChI is InChI=1S/C31H28Cl2FN3O4S/c1-35-31(39)29(18-22-10-4-2-5-11-22)36(20-23-12-8-9-15-27(23)34)30(38)21-37(28-19-24(32)16-17-26(28)33)42(40,41)25-13-6-3-7-14-25/h2-17,19,29H,18,20-21H2,1H3,(H,35,39)/t29-/m1/s1. The lowest BCUT2D eigenvalue weighted by Gasteiger charge is -2.33. The van der Waals surface area contributed by atoms with Crippen molar-refractivity contribution in [2.24, 2.45) is 0 Å². The molecule has 0 aromatic heterocycles. The SMILES string of the molecule is CNC(=O)[C@@H](Cc1ccccc1)N(Cc1ccccc1F)C(=O)CN(c1cc(Cl)ccc1Cl)S(=O)(=O)c1ccccc1. The quantitative estimate of drug-likeness (QED) is 0.231. The van der Waals surface area contributed by atoms with Gasteiger partial charge in [0, 0.05) is 30.6 Å². The van der Waals surface area contributed by atoms with Crippen LogP contribution in [0.1, 0.15) is 11.1 Å². The molecule has 0 aliphatic heterocycles. The van der Waals surface area contributed by atoms with Crippen molar-refractivity contribution < 1.29 is 22.4 Å². The number of hydrogen-bond donors (Lipinski definition) is 1. The van der Waals surface area contributed by atoms with E-state index in [1.54, 1.807) is 48.5 Å². The van der Waals surface area contributed by atoms with Gasteiger partial charge in [-0.1, -0.05) is 89.9 Å². The fourth-order valence-electron chi connectivity index (χ4n) is 4.44. The Morgan fingerprint density at radius 2 is 1.50 bits per heavy atom. The van der Waals surface area contributed by atoms with Gasteiger partial charge in [-0.2, -0.15) is 0 Å². The highest BCUT2D eigenvalue weighted by molar-refractivity contribution is 7.92. The van der Waals surface area contributed by atoms with Crippen LogP contribution in [-0.4, -0.2) is 44.8 Å². The molecule has 0 saturated heterocycles. The van der Waals surface area contributed by atoms with Gasteiger partial charge in [-0.25, -0.2) is 12.8 Å². The van der Waals surface area contributed by atoms with Crippen LogP contribution in [0.4, 0.5) is 10.1 Å². The molecule has 0 spiro atoms. The van der Waals surface area contributed by atoms with Crippen LogP contribution in [0.2, 0.25) is 10.0 Å². The smallest absolute Gasteiger partial charge is 0.264 e. The van der Waals surface area contributed by atoms with Gasteiger partial charge in [0.15, 0.2) is 0 Å². The van der Waals surface area contributed by atoms with Gasteiger partial charge in [-0.3, -0.25) is 13.9 Å². The number of anilines is 1. The molecule has 0 fully saturated rings. The number of benzene rings is 4. The van der Waals surface area contributed by atoms with Gasteiger partial charge in [-0.05, 0) is 42.0 Å². The number of hydrogen-bond acceptors (Lipinski definition) is 4. The summed E-state index contributed by atoms with van der Waals surface area (Å²) < 4.78 is 43.6. The third-order valence-corrected chi connectivity index (χ3v) is 8.93. The largest absolute Gasteiger partial charge is 0.357 e. The third-order valence-electron chi connectivity index (χ3n) is 6.60. The maximum Gasteiger partial charge on any atom is 0.264 e. The van der Waals surface area contributed by atoms with Gasteiger partial charge in [0.25, 0.3) is 10.0 Å². The van der Waals surface area contributed by atoms with Crippen LogP contribution < -0.4 is 9.62 Å². The Morgan fingerprint density at radius 3 is 2.14 bits per heavy atom. The Kier molecular flexibility index (Phi) is 10.2. The minimum Gasteiger partial charge on any atom is -0.357 e. The van der Waals surface area contributed by atoms with Crippen LogP contribution in [0, 0.1) is 5.82 Å². The minimum atomic E-state index is -4.35. The van der Waals surface area contributed by atoms with Crippen molar-refractivity contribution in [1.29, 1.82) is 0 Å². The van der Waals surface area contributed by atoms with E-state index < -0.39 is 40.2 Å². The summed E-state index contributed by atoms with van der Waals surface area (Å²) in [5.74, 6) is -1.82. The molecule has 0 heterocycles. The molecule has 7 nitrogen and oxygen atoms in total. The van der Waals surface area contributed by atoms with Crippen molar-refractivity contribution in [3.05, 3.63) is 130 Å². The molecule has 0 aliphatic rings. The van der Waals surface area contributed by atoms with E-state index in [-0.39, 0.29) is 39.2 Å².